The van der Waals surface area contributed by atoms with Crippen molar-refractivity contribution < 1.29 is 4.79 Å². The van der Waals surface area contributed by atoms with Crippen molar-refractivity contribution in [2.24, 2.45) is 23.5 Å². The molecule has 1 amide bonds. The van der Waals surface area contributed by atoms with Crippen LogP contribution in [0.4, 0.5) is 0 Å². The first-order valence-electron chi connectivity index (χ1n) is 8.79. The van der Waals surface area contributed by atoms with E-state index in [1.807, 2.05) is 16.9 Å². The number of amides is 1. The Balaban J connectivity index is 1.32. The molecule has 2 aromatic rings. The van der Waals surface area contributed by atoms with Crippen LogP contribution < -0.4 is 11.1 Å². The van der Waals surface area contributed by atoms with Gasteiger partial charge in [-0.15, -0.1) is 0 Å². The molecule has 4 rings (SSSR count). The van der Waals surface area contributed by atoms with E-state index in [1.165, 1.54) is 18.4 Å². The number of benzene rings is 1. The maximum atomic E-state index is 12.5. The average molecular weight is 324 g/mol. The van der Waals surface area contributed by atoms with Crippen molar-refractivity contribution in [1.82, 2.24) is 15.1 Å². The van der Waals surface area contributed by atoms with E-state index in [1.54, 1.807) is 6.20 Å². The third kappa shape index (κ3) is 2.96. The van der Waals surface area contributed by atoms with Gasteiger partial charge in [0.1, 0.15) is 0 Å². The Labute approximate surface area is 142 Å². The van der Waals surface area contributed by atoms with Gasteiger partial charge >= 0.3 is 0 Å². The van der Waals surface area contributed by atoms with E-state index in [4.69, 9.17) is 5.73 Å². The van der Waals surface area contributed by atoms with Gasteiger partial charge in [-0.25, -0.2) is 0 Å². The second-order valence-electron chi connectivity index (χ2n) is 7.17. The van der Waals surface area contributed by atoms with Crippen LogP contribution in [0, 0.1) is 17.8 Å². The molecule has 0 spiro atoms. The zero-order valence-electron chi connectivity index (χ0n) is 13.8. The standard InChI is InChI=1S/C19H24N4O/c20-18-16-7-6-15(10-16)17(18)19(24)21-11-13-2-4-14(5-3-13)12-23-9-1-8-22-23/h1-5,8-9,15-18H,6-7,10-12,20H2,(H,21,24). The lowest BCUT2D eigenvalue weighted by Crippen LogP contribution is -2.45. The van der Waals surface area contributed by atoms with Gasteiger partial charge in [0.2, 0.25) is 5.91 Å². The minimum atomic E-state index is 0.0165. The van der Waals surface area contributed by atoms with Gasteiger partial charge in [0, 0.05) is 25.0 Å². The fourth-order valence-electron chi connectivity index (χ4n) is 4.38. The van der Waals surface area contributed by atoms with Crippen LogP contribution in [0.15, 0.2) is 42.7 Å². The summed E-state index contributed by atoms with van der Waals surface area (Å²) >= 11 is 0. The van der Waals surface area contributed by atoms with Gasteiger partial charge in [-0.3, -0.25) is 9.48 Å². The van der Waals surface area contributed by atoms with E-state index < -0.39 is 0 Å². The first-order valence-corrected chi connectivity index (χ1v) is 8.79. The number of fused-ring (bicyclic) bond motifs is 2. The summed E-state index contributed by atoms with van der Waals surface area (Å²) in [6.45, 7) is 1.33. The van der Waals surface area contributed by atoms with Gasteiger partial charge in [0.15, 0.2) is 0 Å². The van der Waals surface area contributed by atoms with E-state index in [9.17, 15) is 4.79 Å². The summed E-state index contributed by atoms with van der Waals surface area (Å²) in [5.41, 5.74) is 8.56. The van der Waals surface area contributed by atoms with Crippen LogP contribution >= 0.6 is 0 Å². The molecule has 0 radical (unpaired) electrons. The van der Waals surface area contributed by atoms with Crippen molar-refractivity contribution in [2.75, 3.05) is 0 Å². The van der Waals surface area contributed by atoms with Gasteiger partial charge < -0.3 is 11.1 Å². The average Bonchev–Trinajstić information content (AvgIpc) is 3.31. The van der Waals surface area contributed by atoms with Crippen molar-refractivity contribution >= 4 is 5.91 Å². The number of carbonyl (C=O) groups excluding carboxylic acids is 1. The number of rotatable bonds is 5. The zero-order chi connectivity index (χ0) is 16.5. The smallest absolute Gasteiger partial charge is 0.225 e. The topological polar surface area (TPSA) is 72.9 Å². The van der Waals surface area contributed by atoms with E-state index >= 15 is 0 Å². The van der Waals surface area contributed by atoms with Crippen molar-refractivity contribution in [3.8, 4) is 0 Å². The van der Waals surface area contributed by atoms with E-state index in [2.05, 4.69) is 34.7 Å². The maximum absolute atomic E-state index is 12.5. The number of aromatic nitrogens is 2. The fraction of sp³-hybridized carbons (Fsp3) is 0.474. The fourth-order valence-corrected chi connectivity index (χ4v) is 4.38. The molecule has 2 aliphatic rings. The van der Waals surface area contributed by atoms with Crippen LogP contribution in [0.25, 0.3) is 0 Å². The van der Waals surface area contributed by atoms with Crippen LogP contribution in [0.3, 0.4) is 0 Å². The first-order chi connectivity index (χ1) is 11.7. The molecule has 2 bridgehead atoms. The highest BCUT2D eigenvalue weighted by atomic mass is 16.1. The zero-order valence-corrected chi connectivity index (χ0v) is 13.8. The number of hydrogen-bond acceptors (Lipinski definition) is 3. The highest BCUT2D eigenvalue weighted by molar-refractivity contribution is 5.80. The Bertz CT molecular complexity index is 693. The Morgan fingerprint density at radius 1 is 1.21 bits per heavy atom. The second kappa shape index (κ2) is 6.40. The Hall–Kier alpha value is -2.14. The Kier molecular flexibility index (Phi) is 4.10. The lowest BCUT2D eigenvalue weighted by Gasteiger charge is -2.27. The van der Waals surface area contributed by atoms with E-state index in [0.717, 1.165) is 18.5 Å². The second-order valence-corrected chi connectivity index (χ2v) is 7.17. The molecule has 2 fully saturated rings. The summed E-state index contributed by atoms with van der Waals surface area (Å²) in [5, 5.41) is 7.30. The monoisotopic (exact) mass is 324 g/mol. The minimum absolute atomic E-state index is 0.0165. The highest BCUT2D eigenvalue weighted by Gasteiger charge is 2.48. The van der Waals surface area contributed by atoms with Crippen LogP contribution in [0.1, 0.15) is 30.4 Å². The molecule has 0 aliphatic heterocycles. The summed E-state index contributed by atoms with van der Waals surface area (Å²) in [4.78, 5) is 12.5. The van der Waals surface area contributed by atoms with Crippen LogP contribution in [-0.4, -0.2) is 21.7 Å². The van der Waals surface area contributed by atoms with Crippen molar-refractivity contribution in [1.29, 1.82) is 0 Å². The quantitative estimate of drug-likeness (QED) is 0.882. The molecular formula is C19H24N4O. The van der Waals surface area contributed by atoms with Crippen LogP contribution in [-0.2, 0) is 17.9 Å². The summed E-state index contributed by atoms with van der Waals surface area (Å²) in [7, 11) is 0. The molecule has 1 heterocycles. The van der Waals surface area contributed by atoms with Gasteiger partial charge in [-0.05, 0) is 48.3 Å². The molecule has 2 aliphatic carbocycles. The van der Waals surface area contributed by atoms with E-state index in [-0.39, 0.29) is 17.9 Å². The SMILES string of the molecule is NC1C2CCC(C2)C1C(=O)NCc1ccc(Cn2cccn2)cc1. The molecule has 126 valence electrons. The molecule has 24 heavy (non-hydrogen) atoms. The van der Waals surface area contributed by atoms with Gasteiger partial charge in [0.25, 0.3) is 0 Å². The van der Waals surface area contributed by atoms with Crippen molar-refractivity contribution in [2.45, 2.75) is 38.4 Å². The Morgan fingerprint density at radius 2 is 1.96 bits per heavy atom. The van der Waals surface area contributed by atoms with Crippen molar-refractivity contribution in [3.05, 3.63) is 53.9 Å². The van der Waals surface area contributed by atoms with Crippen molar-refractivity contribution in [3.63, 3.8) is 0 Å². The highest BCUT2D eigenvalue weighted by Crippen LogP contribution is 2.47. The summed E-state index contributed by atoms with van der Waals surface area (Å²) < 4.78 is 1.90. The van der Waals surface area contributed by atoms with Gasteiger partial charge in [0.05, 0.1) is 12.5 Å². The molecule has 2 saturated carbocycles. The maximum Gasteiger partial charge on any atom is 0.225 e. The molecule has 5 heteroatoms. The lowest BCUT2D eigenvalue weighted by atomic mass is 9.84. The number of nitrogens with zero attached hydrogens (tertiary/aromatic N) is 2. The number of carbonyl (C=O) groups is 1. The number of nitrogens with one attached hydrogen (secondary N) is 1. The van der Waals surface area contributed by atoms with Gasteiger partial charge in [-0.1, -0.05) is 24.3 Å². The summed E-state index contributed by atoms with van der Waals surface area (Å²) in [6, 6.07) is 10.3. The molecule has 4 atom stereocenters. The molecule has 4 unspecified atom stereocenters. The van der Waals surface area contributed by atoms with Crippen LogP contribution in [0.2, 0.25) is 0 Å². The summed E-state index contributed by atoms with van der Waals surface area (Å²) in [6.07, 6.45) is 7.24. The van der Waals surface area contributed by atoms with Gasteiger partial charge in [-0.2, -0.15) is 5.10 Å². The normalized spacial score (nSPS) is 28.2. The van der Waals surface area contributed by atoms with E-state index in [0.29, 0.717) is 18.4 Å². The predicted molar refractivity (Wildman–Crippen MR) is 91.9 cm³/mol. The van der Waals surface area contributed by atoms with Crippen LogP contribution in [0.5, 0.6) is 0 Å². The molecule has 0 saturated heterocycles. The number of hydrogen-bond donors (Lipinski definition) is 2. The molecule has 5 nitrogen and oxygen atoms in total. The predicted octanol–water partition coefficient (Wildman–Crippen LogP) is 1.92. The first kappa shape index (κ1) is 15.4. The Morgan fingerprint density at radius 3 is 2.62 bits per heavy atom. The lowest BCUT2D eigenvalue weighted by molar-refractivity contribution is -0.127. The third-order valence-electron chi connectivity index (χ3n) is 5.68. The molecular weight excluding hydrogens is 300 g/mol. The number of nitrogens with two attached hydrogens (primary N) is 1. The largest absolute Gasteiger partial charge is 0.352 e. The molecule has 3 N–H and O–H groups in total. The molecule has 1 aromatic carbocycles. The minimum Gasteiger partial charge on any atom is -0.352 e. The molecule has 1 aromatic heterocycles. The third-order valence-corrected chi connectivity index (χ3v) is 5.68. The summed E-state index contributed by atoms with van der Waals surface area (Å²) in [5.74, 6) is 1.21.